The van der Waals surface area contributed by atoms with Gasteiger partial charge in [0.05, 0.1) is 38.0 Å². The molecule has 0 bridgehead atoms. The van der Waals surface area contributed by atoms with Crippen molar-refractivity contribution in [3.8, 4) is 11.5 Å². The molecule has 190 valence electrons. The third-order valence-electron chi connectivity index (χ3n) is 5.56. The van der Waals surface area contributed by atoms with Crippen LogP contribution in [0.15, 0.2) is 42.5 Å². The number of benzene rings is 2. The van der Waals surface area contributed by atoms with Crippen LogP contribution in [-0.4, -0.2) is 71.8 Å². The summed E-state index contributed by atoms with van der Waals surface area (Å²) in [5, 5.41) is 19.7. The molecule has 0 unspecified atom stereocenters. The molecule has 2 N–H and O–H groups in total. The number of hydrogen-bond donors (Lipinski definition) is 2. The number of carboxylic acid groups (broad SMARTS) is 1. The van der Waals surface area contributed by atoms with E-state index in [-0.39, 0.29) is 42.9 Å². The highest BCUT2D eigenvalue weighted by Crippen LogP contribution is 2.33. The van der Waals surface area contributed by atoms with E-state index in [1.54, 1.807) is 26.0 Å². The molecule has 1 fully saturated rings. The zero-order valence-corrected chi connectivity index (χ0v) is 20.5. The first-order valence-electron chi connectivity index (χ1n) is 11.4. The molecule has 9 nitrogen and oxygen atoms in total. The van der Waals surface area contributed by atoms with E-state index in [9.17, 15) is 19.8 Å². The third kappa shape index (κ3) is 7.34. The van der Waals surface area contributed by atoms with Gasteiger partial charge in [-0.15, -0.1) is 0 Å². The summed E-state index contributed by atoms with van der Waals surface area (Å²) in [5.74, 6) is -0.211. The van der Waals surface area contributed by atoms with Crippen LogP contribution in [0.3, 0.4) is 0 Å². The summed E-state index contributed by atoms with van der Waals surface area (Å²) >= 11 is 0. The number of nitrogens with zero attached hydrogens (tertiary/aromatic N) is 1. The first-order chi connectivity index (χ1) is 16.6. The van der Waals surface area contributed by atoms with E-state index in [0.717, 1.165) is 11.1 Å². The van der Waals surface area contributed by atoms with Crippen molar-refractivity contribution in [2.75, 3.05) is 26.9 Å². The van der Waals surface area contributed by atoms with Crippen molar-refractivity contribution in [1.29, 1.82) is 0 Å². The number of aliphatic hydroxyl groups is 1. The van der Waals surface area contributed by atoms with Gasteiger partial charge < -0.3 is 29.2 Å². The maximum atomic E-state index is 12.6. The summed E-state index contributed by atoms with van der Waals surface area (Å²) in [6, 6.07) is 12.6. The Balaban J connectivity index is 1.74. The molecule has 3 rings (SSSR count). The van der Waals surface area contributed by atoms with E-state index in [4.69, 9.17) is 18.9 Å². The summed E-state index contributed by atoms with van der Waals surface area (Å²) in [7, 11) is 1.25. The van der Waals surface area contributed by atoms with E-state index in [1.165, 1.54) is 12.0 Å². The van der Waals surface area contributed by atoms with E-state index in [1.807, 2.05) is 37.3 Å². The monoisotopic (exact) mass is 487 g/mol. The quantitative estimate of drug-likeness (QED) is 0.488. The Morgan fingerprint density at radius 1 is 1.11 bits per heavy atom. The maximum absolute atomic E-state index is 12.6. The van der Waals surface area contributed by atoms with E-state index >= 15 is 0 Å². The lowest BCUT2D eigenvalue weighted by Gasteiger charge is -2.23. The summed E-state index contributed by atoms with van der Waals surface area (Å²) < 4.78 is 22.6. The molecule has 0 saturated carbocycles. The van der Waals surface area contributed by atoms with Gasteiger partial charge in [0.15, 0.2) is 0 Å². The van der Waals surface area contributed by atoms with Gasteiger partial charge in [0.25, 0.3) is 0 Å². The van der Waals surface area contributed by atoms with Gasteiger partial charge in [0.1, 0.15) is 30.3 Å². The first-order valence-corrected chi connectivity index (χ1v) is 11.4. The Morgan fingerprint density at radius 2 is 1.77 bits per heavy atom. The van der Waals surface area contributed by atoms with E-state index in [2.05, 4.69) is 0 Å². The predicted octanol–water partition coefficient (Wildman–Crippen LogP) is 3.65. The van der Waals surface area contributed by atoms with Crippen molar-refractivity contribution < 1.29 is 38.7 Å². The van der Waals surface area contributed by atoms with Crippen LogP contribution >= 0.6 is 0 Å². The van der Waals surface area contributed by atoms with Gasteiger partial charge in [0.2, 0.25) is 0 Å². The van der Waals surface area contributed by atoms with Crippen LogP contribution in [0.5, 0.6) is 11.5 Å². The zero-order chi connectivity index (χ0) is 25.6. The second-order valence-electron chi connectivity index (χ2n) is 9.28. The standard InChI is InChI=1S/C26H33NO8/c1-17-10-21(23(24(28)32-4)22(11-17)35-16-26(2,3)31)34-15-19-12-20(13-27(19)25(29)30)33-14-18-8-6-5-7-9-18/h5-11,19-20,31H,12-16H2,1-4H3,(H,29,30)/t19-,20+/m1/s1. The molecule has 1 amide bonds. The lowest BCUT2D eigenvalue weighted by molar-refractivity contribution is 0.0270. The molecule has 1 saturated heterocycles. The van der Waals surface area contributed by atoms with Crippen molar-refractivity contribution >= 4 is 12.1 Å². The van der Waals surface area contributed by atoms with E-state index in [0.29, 0.717) is 13.0 Å². The molecule has 0 spiro atoms. The van der Waals surface area contributed by atoms with Crippen LogP contribution in [0.25, 0.3) is 0 Å². The average Bonchev–Trinajstić information content (AvgIpc) is 3.23. The maximum Gasteiger partial charge on any atom is 0.407 e. The number of ether oxygens (including phenoxy) is 4. The second-order valence-corrected chi connectivity index (χ2v) is 9.28. The van der Waals surface area contributed by atoms with E-state index < -0.39 is 23.7 Å². The molecule has 1 aliphatic rings. The number of likely N-dealkylation sites (tertiary alicyclic amines) is 1. The molecule has 1 heterocycles. The minimum atomic E-state index is -1.11. The molecule has 0 radical (unpaired) electrons. The second kappa shape index (κ2) is 11.4. The Bertz CT molecular complexity index is 1020. The highest BCUT2D eigenvalue weighted by Gasteiger charge is 2.37. The number of hydrogen-bond acceptors (Lipinski definition) is 7. The Labute approximate surface area is 205 Å². The van der Waals surface area contributed by atoms with Crippen molar-refractivity contribution in [2.24, 2.45) is 0 Å². The normalized spacial score (nSPS) is 17.8. The number of carbonyl (C=O) groups excluding carboxylic acids is 1. The number of rotatable bonds is 10. The SMILES string of the molecule is COC(=O)c1c(OC[C@H]2C[C@H](OCc3ccccc3)CN2C(=O)O)cc(C)cc1OCC(C)(C)O. The molecule has 2 atom stereocenters. The average molecular weight is 488 g/mol. The third-order valence-corrected chi connectivity index (χ3v) is 5.56. The predicted molar refractivity (Wildman–Crippen MR) is 128 cm³/mol. The van der Waals surface area contributed by atoms with Gasteiger partial charge in [-0.25, -0.2) is 9.59 Å². The highest BCUT2D eigenvalue weighted by atomic mass is 16.5. The van der Waals surface area contributed by atoms with Crippen LogP contribution < -0.4 is 9.47 Å². The lowest BCUT2D eigenvalue weighted by Crippen LogP contribution is -2.38. The van der Waals surface area contributed by atoms with Crippen LogP contribution in [0.1, 0.15) is 41.8 Å². The molecule has 2 aromatic rings. The van der Waals surface area contributed by atoms with Crippen LogP contribution in [0.4, 0.5) is 4.79 Å². The van der Waals surface area contributed by atoms with Crippen molar-refractivity contribution in [3.63, 3.8) is 0 Å². The number of aryl methyl sites for hydroxylation is 1. The minimum absolute atomic E-state index is 0.0237. The van der Waals surface area contributed by atoms with Crippen molar-refractivity contribution in [2.45, 2.75) is 51.5 Å². The number of carbonyl (C=O) groups is 2. The molecule has 35 heavy (non-hydrogen) atoms. The van der Waals surface area contributed by atoms with Crippen LogP contribution in [-0.2, 0) is 16.1 Å². The molecule has 1 aliphatic heterocycles. The fourth-order valence-electron chi connectivity index (χ4n) is 3.87. The van der Waals surface area contributed by atoms with Crippen LogP contribution in [0.2, 0.25) is 0 Å². The Kier molecular flexibility index (Phi) is 8.58. The van der Waals surface area contributed by atoms with Gasteiger partial charge in [-0.05, 0) is 50.5 Å². The molecule has 2 aromatic carbocycles. The molecule has 9 heteroatoms. The summed E-state index contributed by atoms with van der Waals surface area (Å²) in [4.78, 5) is 25.7. The summed E-state index contributed by atoms with van der Waals surface area (Å²) in [6.45, 7) is 5.60. The fraction of sp³-hybridized carbons (Fsp3) is 0.462. The van der Waals surface area contributed by atoms with Gasteiger partial charge in [-0.3, -0.25) is 4.90 Å². The highest BCUT2D eigenvalue weighted by molar-refractivity contribution is 5.95. The topological polar surface area (TPSA) is 115 Å². The minimum Gasteiger partial charge on any atom is -0.490 e. The van der Waals surface area contributed by atoms with Gasteiger partial charge >= 0.3 is 12.1 Å². The number of esters is 1. The smallest absolute Gasteiger partial charge is 0.407 e. The van der Waals surface area contributed by atoms with Gasteiger partial charge in [-0.2, -0.15) is 0 Å². The molecule has 0 aromatic heterocycles. The summed E-state index contributed by atoms with van der Waals surface area (Å²) in [5.41, 5.74) is 0.747. The Hall–Kier alpha value is -3.30. The Morgan fingerprint density at radius 3 is 2.37 bits per heavy atom. The number of methoxy groups -OCH3 is 1. The largest absolute Gasteiger partial charge is 0.490 e. The lowest BCUT2D eigenvalue weighted by atomic mass is 10.1. The van der Waals surface area contributed by atoms with Gasteiger partial charge in [0, 0.05) is 0 Å². The fourth-order valence-corrected chi connectivity index (χ4v) is 3.87. The van der Waals surface area contributed by atoms with Crippen molar-refractivity contribution in [3.05, 3.63) is 59.2 Å². The van der Waals surface area contributed by atoms with Gasteiger partial charge in [-0.1, -0.05) is 30.3 Å². The summed E-state index contributed by atoms with van der Waals surface area (Å²) in [6.07, 6.45) is -0.875. The number of amides is 1. The molecular weight excluding hydrogens is 454 g/mol. The molecule has 0 aliphatic carbocycles. The van der Waals surface area contributed by atoms with Crippen LogP contribution in [0, 0.1) is 6.92 Å². The molecular formula is C26H33NO8. The zero-order valence-electron chi connectivity index (χ0n) is 20.5. The van der Waals surface area contributed by atoms with Crippen molar-refractivity contribution in [1.82, 2.24) is 4.90 Å². The first kappa shape index (κ1) is 26.3.